The average Bonchev–Trinajstić information content (AvgIpc) is 2.15. The minimum absolute atomic E-state index is 0.209. The molecule has 0 heterocycles. The molecular weight excluding hydrogens is 211 g/mol. The molecule has 15 heavy (non-hydrogen) atoms. The first kappa shape index (κ1) is 12.5. The Balaban J connectivity index is 2.40. The van der Waals surface area contributed by atoms with Gasteiger partial charge in [-0.3, -0.25) is 0 Å². The molecule has 1 rings (SSSR count). The van der Waals surface area contributed by atoms with Gasteiger partial charge in [-0.25, -0.2) is 4.39 Å². The molecule has 0 bridgehead atoms. The number of aliphatic hydroxyl groups is 1. The van der Waals surface area contributed by atoms with Crippen LogP contribution in [0.1, 0.15) is 20.3 Å². The van der Waals surface area contributed by atoms with Crippen LogP contribution in [0.3, 0.4) is 0 Å². The van der Waals surface area contributed by atoms with E-state index in [-0.39, 0.29) is 11.9 Å². The number of aliphatic hydroxyl groups excluding tert-OH is 1. The van der Waals surface area contributed by atoms with Gasteiger partial charge in [0.1, 0.15) is 5.82 Å². The summed E-state index contributed by atoms with van der Waals surface area (Å²) in [5, 5.41) is 9.63. The maximum absolute atomic E-state index is 13.2. The van der Waals surface area contributed by atoms with Crippen LogP contribution in [0.2, 0.25) is 0 Å². The molecule has 0 radical (unpaired) electrons. The Morgan fingerprint density at radius 3 is 2.60 bits per heavy atom. The van der Waals surface area contributed by atoms with Gasteiger partial charge in [0.25, 0.3) is 0 Å². The first-order chi connectivity index (χ1) is 7.09. The van der Waals surface area contributed by atoms with E-state index in [0.29, 0.717) is 16.6 Å². The van der Waals surface area contributed by atoms with Crippen LogP contribution >= 0.6 is 11.8 Å². The number of hydrogen-bond donors (Lipinski definition) is 1. The maximum atomic E-state index is 13.2. The van der Waals surface area contributed by atoms with Crippen LogP contribution in [0, 0.1) is 11.7 Å². The van der Waals surface area contributed by atoms with E-state index >= 15 is 0 Å². The molecule has 1 aromatic rings. The molecule has 0 spiro atoms. The number of benzene rings is 1. The van der Waals surface area contributed by atoms with Crippen molar-refractivity contribution in [2.24, 2.45) is 5.92 Å². The molecule has 0 aliphatic heterocycles. The summed E-state index contributed by atoms with van der Waals surface area (Å²) >= 11 is 1.37. The zero-order valence-corrected chi connectivity index (χ0v) is 9.93. The minimum Gasteiger partial charge on any atom is -0.392 e. The fourth-order valence-electron chi connectivity index (χ4n) is 1.36. The molecule has 0 aliphatic rings. The molecule has 1 atom stereocenters. The Hall–Kier alpha value is -0.540. The van der Waals surface area contributed by atoms with E-state index in [0.717, 1.165) is 6.42 Å². The molecule has 0 aliphatic carbocycles. The smallest absolute Gasteiger partial charge is 0.136 e. The van der Waals surface area contributed by atoms with E-state index in [4.69, 9.17) is 0 Å². The van der Waals surface area contributed by atoms with Crippen LogP contribution in [0.4, 0.5) is 4.39 Å². The van der Waals surface area contributed by atoms with Gasteiger partial charge in [0, 0.05) is 10.6 Å². The highest BCUT2D eigenvalue weighted by molar-refractivity contribution is 7.99. The number of rotatable bonds is 5. The number of hydrogen-bond acceptors (Lipinski definition) is 2. The van der Waals surface area contributed by atoms with Crippen LogP contribution < -0.4 is 0 Å². The predicted octanol–water partition coefficient (Wildman–Crippen LogP) is 3.32. The Bertz CT molecular complexity index is 301. The molecule has 0 amide bonds. The van der Waals surface area contributed by atoms with Crippen molar-refractivity contribution >= 4 is 11.8 Å². The lowest BCUT2D eigenvalue weighted by Crippen LogP contribution is -2.12. The van der Waals surface area contributed by atoms with Crippen LogP contribution in [0.5, 0.6) is 0 Å². The van der Waals surface area contributed by atoms with Gasteiger partial charge in [-0.05, 0) is 24.5 Å². The Morgan fingerprint density at radius 1 is 1.33 bits per heavy atom. The summed E-state index contributed by atoms with van der Waals surface area (Å²) in [5.74, 6) is 0.819. The third kappa shape index (κ3) is 4.67. The summed E-state index contributed by atoms with van der Waals surface area (Å²) in [5.41, 5.74) is 0. The predicted molar refractivity (Wildman–Crippen MR) is 62.6 cm³/mol. The summed E-state index contributed by atoms with van der Waals surface area (Å²) < 4.78 is 13.2. The highest BCUT2D eigenvalue weighted by Crippen LogP contribution is 2.23. The standard InChI is InChI=1S/C12H17FOS/c1-9(2)7-10(14)8-15-12-6-4-3-5-11(12)13/h3-6,9-10,14H,7-8H2,1-2H3. The van der Waals surface area contributed by atoms with Crippen molar-refractivity contribution in [3.8, 4) is 0 Å². The van der Waals surface area contributed by atoms with Crippen LogP contribution in [0.25, 0.3) is 0 Å². The number of halogens is 1. The van der Waals surface area contributed by atoms with Crippen molar-refractivity contribution in [1.29, 1.82) is 0 Å². The van der Waals surface area contributed by atoms with Crippen LogP contribution in [-0.4, -0.2) is 17.0 Å². The quantitative estimate of drug-likeness (QED) is 0.780. The molecule has 1 aromatic carbocycles. The molecule has 0 fully saturated rings. The molecule has 3 heteroatoms. The van der Waals surface area contributed by atoms with Gasteiger partial charge in [-0.2, -0.15) is 0 Å². The van der Waals surface area contributed by atoms with Crippen molar-refractivity contribution < 1.29 is 9.50 Å². The van der Waals surface area contributed by atoms with Crippen LogP contribution in [0.15, 0.2) is 29.2 Å². The Labute approximate surface area is 94.7 Å². The summed E-state index contributed by atoms with van der Waals surface area (Å²) in [4.78, 5) is 0.611. The third-order valence-electron chi connectivity index (χ3n) is 2.01. The van der Waals surface area contributed by atoms with Crippen molar-refractivity contribution in [2.45, 2.75) is 31.3 Å². The van der Waals surface area contributed by atoms with E-state index in [1.165, 1.54) is 17.8 Å². The monoisotopic (exact) mass is 228 g/mol. The van der Waals surface area contributed by atoms with Crippen molar-refractivity contribution in [1.82, 2.24) is 0 Å². The molecule has 0 saturated carbocycles. The lowest BCUT2D eigenvalue weighted by Gasteiger charge is -2.12. The lowest BCUT2D eigenvalue weighted by atomic mass is 10.1. The second-order valence-electron chi connectivity index (χ2n) is 4.02. The second kappa shape index (κ2) is 6.13. The lowest BCUT2D eigenvalue weighted by molar-refractivity contribution is 0.172. The zero-order valence-electron chi connectivity index (χ0n) is 9.11. The van der Waals surface area contributed by atoms with Gasteiger partial charge in [0.15, 0.2) is 0 Å². The van der Waals surface area contributed by atoms with Crippen LogP contribution in [-0.2, 0) is 0 Å². The minimum atomic E-state index is -0.352. The van der Waals surface area contributed by atoms with E-state index in [1.807, 2.05) is 0 Å². The van der Waals surface area contributed by atoms with E-state index < -0.39 is 0 Å². The molecule has 0 saturated heterocycles. The van der Waals surface area contributed by atoms with E-state index in [2.05, 4.69) is 13.8 Å². The fourth-order valence-corrected chi connectivity index (χ4v) is 2.25. The summed E-state index contributed by atoms with van der Waals surface area (Å²) in [6, 6.07) is 6.66. The van der Waals surface area contributed by atoms with Gasteiger partial charge in [-0.15, -0.1) is 11.8 Å². The summed E-state index contributed by atoms with van der Waals surface area (Å²) in [7, 11) is 0. The SMILES string of the molecule is CC(C)CC(O)CSc1ccccc1F. The average molecular weight is 228 g/mol. The molecule has 1 nitrogen and oxygen atoms in total. The van der Waals surface area contributed by atoms with E-state index in [9.17, 15) is 9.50 Å². The molecule has 84 valence electrons. The second-order valence-corrected chi connectivity index (χ2v) is 5.09. The van der Waals surface area contributed by atoms with Gasteiger partial charge >= 0.3 is 0 Å². The summed E-state index contributed by atoms with van der Waals surface area (Å²) in [6.07, 6.45) is 0.413. The first-order valence-electron chi connectivity index (χ1n) is 5.15. The first-order valence-corrected chi connectivity index (χ1v) is 6.13. The zero-order chi connectivity index (χ0) is 11.3. The Morgan fingerprint density at radius 2 is 2.00 bits per heavy atom. The maximum Gasteiger partial charge on any atom is 0.136 e. The highest BCUT2D eigenvalue weighted by Gasteiger charge is 2.09. The molecule has 0 aromatic heterocycles. The molecule has 1 unspecified atom stereocenters. The van der Waals surface area contributed by atoms with Crippen molar-refractivity contribution in [3.63, 3.8) is 0 Å². The topological polar surface area (TPSA) is 20.2 Å². The summed E-state index contributed by atoms with van der Waals surface area (Å²) in [6.45, 7) is 4.13. The molecule has 1 N–H and O–H groups in total. The highest BCUT2D eigenvalue weighted by atomic mass is 32.2. The number of thioether (sulfide) groups is 1. The normalized spacial score (nSPS) is 13.1. The fraction of sp³-hybridized carbons (Fsp3) is 0.500. The Kier molecular flexibility index (Phi) is 5.12. The third-order valence-corrected chi connectivity index (χ3v) is 3.20. The van der Waals surface area contributed by atoms with Crippen molar-refractivity contribution in [3.05, 3.63) is 30.1 Å². The van der Waals surface area contributed by atoms with Crippen molar-refractivity contribution in [2.75, 3.05) is 5.75 Å². The van der Waals surface area contributed by atoms with Gasteiger partial charge < -0.3 is 5.11 Å². The molecular formula is C12H17FOS. The van der Waals surface area contributed by atoms with E-state index in [1.54, 1.807) is 18.2 Å². The van der Waals surface area contributed by atoms with Gasteiger partial charge in [0.05, 0.1) is 6.10 Å². The van der Waals surface area contributed by atoms with Gasteiger partial charge in [0.2, 0.25) is 0 Å². The largest absolute Gasteiger partial charge is 0.392 e. The van der Waals surface area contributed by atoms with Gasteiger partial charge in [-0.1, -0.05) is 26.0 Å².